The Morgan fingerprint density at radius 1 is 1.21 bits per heavy atom. The number of anilines is 2. The molecule has 1 saturated carbocycles. The third-order valence-corrected chi connectivity index (χ3v) is 5.02. The molecule has 1 N–H and O–H groups in total. The molecule has 2 heterocycles. The minimum atomic E-state index is -0.884. The van der Waals surface area contributed by atoms with Gasteiger partial charge in [-0.15, -0.1) is 0 Å². The highest BCUT2D eigenvalue weighted by molar-refractivity contribution is 5.86. The normalized spacial score (nSPS) is 19.8. The van der Waals surface area contributed by atoms with Crippen LogP contribution in [0.5, 0.6) is 0 Å². The molecule has 4 rings (SSSR count). The van der Waals surface area contributed by atoms with Crippen molar-refractivity contribution in [2.24, 2.45) is 5.92 Å². The highest BCUT2D eigenvalue weighted by Gasteiger charge is 2.36. The third-order valence-electron chi connectivity index (χ3n) is 5.02. The van der Waals surface area contributed by atoms with Crippen LogP contribution in [-0.4, -0.2) is 26.9 Å². The van der Waals surface area contributed by atoms with E-state index >= 15 is 0 Å². The van der Waals surface area contributed by atoms with Gasteiger partial charge in [0, 0.05) is 24.7 Å². The molecule has 0 bridgehead atoms. The van der Waals surface area contributed by atoms with Gasteiger partial charge in [-0.2, -0.15) is 5.10 Å². The van der Waals surface area contributed by atoms with E-state index < -0.39 is 12.0 Å². The summed E-state index contributed by atoms with van der Waals surface area (Å²) in [6.07, 6.45) is 3.90. The van der Waals surface area contributed by atoms with Crippen LogP contribution in [0.15, 0.2) is 41.2 Å². The first kappa shape index (κ1) is 14.9. The lowest BCUT2D eigenvalue weighted by Crippen LogP contribution is -2.37. The van der Waals surface area contributed by atoms with Gasteiger partial charge in [0.1, 0.15) is 6.04 Å². The summed E-state index contributed by atoms with van der Waals surface area (Å²) in [5, 5.41) is 14.1. The summed E-state index contributed by atoms with van der Waals surface area (Å²) in [5.41, 5.74) is 1.71. The molecule has 0 amide bonds. The average molecular weight is 325 g/mol. The van der Waals surface area contributed by atoms with E-state index in [1.807, 2.05) is 24.3 Å². The van der Waals surface area contributed by atoms with E-state index in [1.165, 1.54) is 17.2 Å². The van der Waals surface area contributed by atoms with Crippen LogP contribution < -0.4 is 10.5 Å². The van der Waals surface area contributed by atoms with Crippen LogP contribution >= 0.6 is 0 Å². The summed E-state index contributed by atoms with van der Waals surface area (Å²) < 4.78 is 1.49. The van der Waals surface area contributed by atoms with Crippen LogP contribution in [0.4, 0.5) is 11.5 Å². The number of para-hydroxylation sites is 1. The minimum Gasteiger partial charge on any atom is -0.480 e. The van der Waals surface area contributed by atoms with Crippen LogP contribution in [0, 0.1) is 5.92 Å². The Morgan fingerprint density at radius 2 is 2.00 bits per heavy atom. The van der Waals surface area contributed by atoms with Gasteiger partial charge in [0.15, 0.2) is 5.82 Å². The lowest BCUT2D eigenvalue weighted by molar-refractivity contribution is -0.138. The number of rotatable bonds is 4. The molecule has 1 atom stereocenters. The van der Waals surface area contributed by atoms with E-state index in [1.54, 1.807) is 11.0 Å². The number of carbonyl (C=O) groups is 1. The Balaban J connectivity index is 1.74. The van der Waals surface area contributed by atoms with Gasteiger partial charge in [-0.25, -0.2) is 9.48 Å². The zero-order valence-corrected chi connectivity index (χ0v) is 13.3. The molecule has 0 spiro atoms. The van der Waals surface area contributed by atoms with Gasteiger partial charge in [0.25, 0.3) is 5.56 Å². The second kappa shape index (κ2) is 5.78. The molecule has 124 valence electrons. The standard InChI is InChI=1S/C18H19N3O3/c22-17-9-8-16(19-20(17)11-12-4-3-5-12)21-14-7-2-1-6-13(14)10-15(21)18(23)24/h1-2,6-9,12,15H,3-5,10-11H2,(H,23,24)/t15-/m0/s1. The molecular formula is C18H19N3O3. The third kappa shape index (κ3) is 2.48. The van der Waals surface area contributed by atoms with Crippen molar-refractivity contribution in [3.8, 4) is 0 Å². The van der Waals surface area contributed by atoms with Crippen molar-refractivity contribution in [2.75, 3.05) is 4.90 Å². The SMILES string of the molecule is O=C(O)[C@@H]1Cc2ccccc2N1c1ccc(=O)n(CC2CCC2)n1. The number of carboxylic acids is 1. The Bertz CT molecular complexity index is 841. The maximum absolute atomic E-state index is 12.1. The molecule has 1 fully saturated rings. The number of carboxylic acid groups (broad SMARTS) is 1. The Hall–Kier alpha value is -2.63. The smallest absolute Gasteiger partial charge is 0.327 e. The van der Waals surface area contributed by atoms with E-state index in [9.17, 15) is 14.7 Å². The first-order valence-corrected chi connectivity index (χ1v) is 8.31. The zero-order chi connectivity index (χ0) is 16.7. The lowest BCUT2D eigenvalue weighted by Gasteiger charge is -2.27. The van der Waals surface area contributed by atoms with E-state index in [0.29, 0.717) is 24.7 Å². The minimum absolute atomic E-state index is 0.134. The van der Waals surface area contributed by atoms with Crippen molar-refractivity contribution < 1.29 is 9.90 Å². The van der Waals surface area contributed by atoms with Gasteiger partial charge in [-0.05, 0) is 36.5 Å². The highest BCUT2D eigenvalue weighted by Crippen LogP contribution is 2.37. The van der Waals surface area contributed by atoms with Crippen LogP contribution in [0.2, 0.25) is 0 Å². The topological polar surface area (TPSA) is 75.4 Å². The van der Waals surface area contributed by atoms with E-state index in [0.717, 1.165) is 24.1 Å². The van der Waals surface area contributed by atoms with Crippen molar-refractivity contribution in [3.63, 3.8) is 0 Å². The summed E-state index contributed by atoms with van der Waals surface area (Å²) in [5.74, 6) is 0.141. The number of aromatic nitrogens is 2. The van der Waals surface area contributed by atoms with Gasteiger partial charge in [-0.1, -0.05) is 24.6 Å². The van der Waals surface area contributed by atoms with Crippen LogP contribution in [-0.2, 0) is 17.8 Å². The number of benzene rings is 1. The molecular weight excluding hydrogens is 306 g/mol. The Morgan fingerprint density at radius 3 is 2.71 bits per heavy atom. The molecule has 2 aliphatic rings. The van der Waals surface area contributed by atoms with Gasteiger partial charge in [0.05, 0.1) is 0 Å². The predicted molar refractivity (Wildman–Crippen MR) is 89.5 cm³/mol. The van der Waals surface area contributed by atoms with Gasteiger partial charge >= 0.3 is 5.97 Å². The fourth-order valence-corrected chi connectivity index (χ4v) is 3.48. The first-order chi connectivity index (χ1) is 11.6. The van der Waals surface area contributed by atoms with E-state index in [-0.39, 0.29) is 5.56 Å². The average Bonchev–Trinajstić information content (AvgIpc) is 2.92. The molecule has 2 aromatic rings. The van der Waals surface area contributed by atoms with Gasteiger partial charge < -0.3 is 10.0 Å². The monoisotopic (exact) mass is 325 g/mol. The van der Waals surface area contributed by atoms with Crippen molar-refractivity contribution in [1.29, 1.82) is 0 Å². The maximum Gasteiger partial charge on any atom is 0.327 e. The van der Waals surface area contributed by atoms with Crippen molar-refractivity contribution >= 4 is 17.5 Å². The molecule has 0 unspecified atom stereocenters. The van der Waals surface area contributed by atoms with Crippen molar-refractivity contribution in [3.05, 3.63) is 52.3 Å². The molecule has 6 heteroatoms. The predicted octanol–water partition coefficient (Wildman–Crippen LogP) is 2.19. The molecule has 0 saturated heterocycles. The summed E-state index contributed by atoms with van der Waals surface area (Å²) in [6, 6.07) is 10.1. The van der Waals surface area contributed by atoms with Crippen LogP contribution in [0.1, 0.15) is 24.8 Å². The van der Waals surface area contributed by atoms with Crippen molar-refractivity contribution in [1.82, 2.24) is 9.78 Å². The molecule has 1 aliphatic carbocycles. The molecule has 24 heavy (non-hydrogen) atoms. The summed E-state index contributed by atoms with van der Waals surface area (Å²) >= 11 is 0. The van der Waals surface area contributed by atoms with Gasteiger partial charge in [0.2, 0.25) is 0 Å². The molecule has 1 aliphatic heterocycles. The second-order valence-corrected chi connectivity index (χ2v) is 6.57. The summed E-state index contributed by atoms with van der Waals surface area (Å²) in [6.45, 7) is 0.611. The number of aliphatic carboxylic acids is 1. The first-order valence-electron chi connectivity index (χ1n) is 8.31. The Kier molecular flexibility index (Phi) is 3.59. The molecule has 0 radical (unpaired) electrons. The number of nitrogens with zero attached hydrogens (tertiary/aromatic N) is 3. The molecule has 6 nitrogen and oxygen atoms in total. The second-order valence-electron chi connectivity index (χ2n) is 6.57. The van der Waals surface area contributed by atoms with Gasteiger partial charge in [-0.3, -0.25) is 4.79 Å². The Labute approximate surface area is 139 Å². The summed E-state index contributed by atoms with van der Waals surface area (Å²) in [4.78, 5) is 25.5. The number of hydrogen-bond acceptors (Lipinski definition) is 4. The summed E-state index contributed by atoms with van der Waals surface area (Å²) in [7, 11) is 0. The largest absolute Gasteiger partial charge is 0.480 e. The number of fused-ring (bicyclic) bond motifs is 1. The van der Waals surface area contributed by atoms with Crippen molar-refractivity contribution in [2.45, 2.75) is 38.3 Å². The lowest BCUT2D eigenvalue weighted by atomic mass is 9.85. The fraction of sp³-hybridized carbons (Fsp3) is 0.389. The van der Waals surface area contributed by atoms with Crippen LogP contribution in [0.25, 0.3) is 0 Å². The van der Waals surface area contributed by atoms with Crippen LogP contribution in [0.3, 0.4) is 0 Å². The zero-order valence-electron chi connectivity index (χ0n) is 13.3. The highest BCUT2D eigenvalue weighted by atomic mass is 16.4. The molecule has 1 aromatic carbocycles. The van der Waals surface area contributed by atoms with E-state index in [4.69, 9.17) is 0 Å². The fourth-order valence-electron chi connectivity index (χ4n) is 3.48. The quantitative estimate of drug-likeness (QED) is 0.932. The maximum atomic E-state index is 12.1. The molecule has 1 aromatic heterocycles. The van der Waals surface area contributed by atoms with E-state index in [2.05, 4.69) is 5.10 Å². The number of hydrogen-bond donors (Lipinski definition) is 1.